The summed E-state index contributed by atoms with van der Waals surface area (Å²) in [6.07, 6.45) is 10.00. The van der Waals surface area contributed by atoms with Crippen LogP contribution in [0.15, 0.2) is 41.3 Å². The first-order chi connectivity index (χ1) is 12.1. The minimum Gasteiger partial charge on any atom is -0.393 e. The van der Waals surface area contributed by atoms with E-state index < -0.39 is 10.0 Å². The second-order valence-electron chi connectivity index (χ2n) is 7.02. The van der Waals surface area contributed by atoms with Gasteiger partial charge in [-0.2, -0.15) is 4.31 Å². The Kier molecular flexibility index (Phi) is 6.15. The Morgan fingerprint density at radius 3 is 2.76 bits per heavy atom. The van der Waals surface area contributed by atoms with Crippen LogP contribution in [0.4, 0.5) is 5.69 Å². The number of allylic oxidation sites excluding steroid dienone is 1. The number of sulfonamides is 1. The van der Waals surface area contributed by atoms with Gasteiger partial charge < -0.3 is 10.4 Å². The molecule has 0 spiro atoms. The number of nitrogens with zero attached hydrogens (tertiary/aromatic N) is 1. The van der Waals surface area contributed by atoms with E-state index in [9.17, 15) is 13.5 Å². The van der Waals surface area contributed by atoms with Crippen molar-refractivity contribution in [2.24, 2.45) is 5.92 Å². The number of hydrogen-bond donors (Lipinski definition) is 2. The zero-order valence-corrected chi connectivity index (χ0v) is 15.4. The lowest BCUT2D eigenvalue weighted by Gasteiger charge is -2.28. The van der Waals surface area contributed by atoms with Gasteiger partial charge in [-0.25, -0.2) is 8.42 Å². The number of rotatable bonds is 5. The molecule has 138 valence electrons. The number of aliphatic hydroxyl groups excluding tert-OH is 1. The Morgan fingerprint density at radius 1 is 1.16 bits per heavy atom. The smallest absolute Gasteiger partial charge is 0.243 e. The van der Waals surface area contributed by atoms with Crippen molar-refractivity contribution in [1.29, 1.82) is 0 Å². The number of nitrogens with one attached hydrogen (secondary N) is 1. The van der Waals surface area contributed by atoms with Gasteiger partial charge in [-0.05, 0) is 56.2 Å². The molecule has 0 bridgehead atoms. The molecule has 0 amide bonds. The summed E-state index contributed by atoms with van der Waals surface area (Å²) in [6.45, 7) is 1.60. The van der Waals surface area contributed by atoms with Crippen LogP contribution in [0.1, 0.15) is 38.5 Å². The molecule has 25 heavy (non-hydrogen) atoms. The van der Waals surface area contributed by atoms with Crippen molar-refractivity contribution in [2.45, 2.75) is 49.5 Å². The number of piperidine rings is 1. The highest BCUT2D eigenvalue weighted by Crippen LogP contribution is 2.24. The molecule has 0 saturated carbocycles. The third-order valence-corrected chi connectivity index (χ3v) is 6.96. The average Bonchev–Trinajstić information content (AvgIpc) is 2.89. The van der Waals surface area contributed by atoms with Gasteiger partial charge in [-0.15, -0.1) is 0 Å². The molecule has 6 heteroatoms. The molecule has 1 unspecified atom stereocenters. The second-order valence-corrected chi connectivity index (χ2v) is 8.95. The van der Waals surface area contributed by atoms with Crippen LogP contribution in [0.3, 0.4) is 0 Å². The fraction of sp³-hybridized carbons (Fsp3) is 0.579. The molecule has 0 radical (unpaired) electrons. The highest BCUT2D eigenvalue weighted by atomic mass is 32.2. The minimum atomic E-state index is -3.49. The summed E-state index contributed by atoms with van der Waals surface area (Å²) >= 11 is 0. The van der Waals surface area contributed by atoms with Crippen LogP contribution in [-0.2, 0) is 10.0 Å². The van der Waals surface area contributed by atoms with Gasteiger partial charge in [-0.3, -0.25) is 0 Å². The molecule has 0 aromatic heterocycles. The lowest BCUT2D eigenvalue weighted by Crippen LogP contribution is -2.40. The van der Waals surface area contributed by atoms with Crippen molar-refractivity contribution in [3.05, 3.63) is 36.4 Å². The highest BCUT2D eigenvalue weighted by molar-refractivity contribution is 7.89. The molecule has 1 atom stereocenters. The molecule has 1 saturated heterocycles. The van der Waals surface area contributed by atoms with Gasteiger partial charge >= 0.3 is 0 Å². The molecule has 1 aromatic rings. The first-order valence-electron chi connectivity index (χ1n) is 9.24. The maximum Gasteiger partial charge on any atom is 0.243 e. The third-order valence-electron chi connectivity index (χ3n) is 5.07. The second kappa shape index (κ2) is 8.34. The topological polar surface area (TPSA) is 69.6 Å². The van der Waals surface area contributed by atoms with Crippen LogP contribution < -0.4 is 5.32 Å². The Balaban J connectivity index is 1.66. The summed E-state index contributed by atoms with van der Waals surface area (Å²) in [5.41, 5.74) is 0.843. The molecule has 2 N–H and O–H groups in total. The summed E-state index contributed by atoms with van der Waals surface area (Å²) in [6, 6.07) is 7.08. The summed E-state index contributed by atoms with van der Waals surface area (Å²) < 4.78 is 27.1. The zero-order valence-electron chi connectivity index (χ0n) is 14.6. The molecular weight excluding hydrogens is 336 g/mol. The predicted molar refractivity (Wildman–Crippen MR) is 100 cm³/mol. The number of hydrogen-bond acceptors (Lipinski definition) is 4. The van der Waals surface area contributed by atoms with Crippen LogP contribution in [-0.4, -0.2) is 43.6 Å². The molecule has 1 aliphatic carbocycles. The molecule has 5 nitrogen and oxygen atoms in total. The van der Waals surface area contributed by atoms with Crippen LogP contribution in [0.5, 0.6) is 0 Å². The van der Waals surface area contributed by atoms with Crippen molar-refractivity contribution in [3.8, 4) is 0 Å². The zero-order chi connectivity index (χ0) is 17.7. The van der Waals surface area contributed by atoms with Gasteiger partial charge in [-0.1, -0.05) is 24.6 Å². The molecule has 1 fully saturated rings. The quantitative estimate of drug-likeness (QED) is 0.788. The molecular formula is C19H28N2O3S. The van der Waals surface area contributed by atoms with Crippen molar-refractivity contribution in [2.75, 3.05) is 25.0 Å². The monoisotopic (exact) mass is 364 g/mol. The van der Waals surface area contributed by atoms with Crippen LogP contribution >= 0.6 is 0 Å². The van der Waals surface area contributed by atoms with E-state index in [0.717, 1.165) is 18.7 Å². The predicted octanol–water partition coefficient (Wildman–Crippen LogP) is 2.99. The van der Waals surface area contributed by atoms with Crippen molar-refractivity contribution >= 4 is 15.7 Å². The first-order valence-corrected chi connectivity index (χ1v) is 10.7. The van der Waals surface area contributed by atoms with Crippen LogP contribution in [0.25, 0.3) is 0 Å². The summed E-state index contributed by atoms with van der Waals surface area (Å²) in [5, 5.41) is 13.0. The van der Waals surface area contributed by atoms with E-state index in [0.29, 0.717) is 36.7 Å². The average molecular weight is 365 g/mol. The fourth-order valence-corrected chi connectivity index (χ4v) is 4.99. The van der Waals surface area contributed by atoms with Crippen LogP contribution in [0.2, 0.25) is 0 Å². The summed E-state index contributed by atoms with van der Waals surface area (Å²) in [5.74, 6) is 0.506. The van der Waals surface area contributed by atoms with Gasteiger partial charge in [0.05, 0.1) is 11.0 Å². The molecule has 3 rings (SSSR count). The molecule has 1 heterocycles. The Morgan fingerprint density at radius 2 is 1.96 bits per heavy atom. The molecule has 1 aliphatic heterocycles. The van der Waals surface area contributed by atoms with Crippen LogP contribution in [0, 0.1) is 5.92 Å². The lowest BCUT2D eigenvalue weighted by atomic mass is 10.0. The van der Waals surface area contributed by atoms with E-state index in [4.69, 9.17) is 0 Å². The molecule has 1 aromatic carbocycles. The van der Waals surface area contributed by atoms with E-state index in [-0.39, 0.29) is 6.10 Å². The first kappa shape index (κ1) is 18.4. The summed E-state index contributed by atoms with van der Waals surface area (Å²) in [7, 11) is -3.49. The standard InChI is InChI=1S/C19H28N2O3S/c22-18-10-12-21(13-11-18)25(23,24)19-9-5-8-17(14-19)20-15-16-6-3-1-2-4-7-16/h3,5-6,8-9,14,16,18,20,22H,1-2,4,7,10-13,15H2. The van der Waals surface area contributed by atoms with Gasteiger partial charge in [0.1, 0.15) is 0 Å². The third kappa shape index (κ3) is 4.84. The number of benzene rings is 1. The van der Waals surface area contributed by atoms with E-state index in [1.165, 1.54) is 23.6 Å². The Bertz CT molecular complexity index is 694. The van der Waals surface area contributed by atoms with Crippen molar-refractivity contribution in [1.82, 2.24) is 4.31 Å². The van der Waals surface area contributed by atoms with Gasteiger partial charge in [0.15, 0.2) is 0 Å². The van der Waals surface area contributed by atoms with Gasteiger partial charge in [0, 0.05) is 25.3 Å². The van der Waals surface area contributed by atoms with Crippen molar-refractivity contribution < 1.29 is 13.5 Å². The SMILES string of the molecule is O=S(=O)(c1cccc(NCC2C=CCCCC2)c1)N1CCC(O)CC1. The van der Waals surface area contributed by atoms with Gasteiger partial charge in [0.25, 0.3) is 0 Å². The number of anilines is 1. The normalized spacial score (nSPS) is 23.3. The Labute approximate surface area is 150 Å². The Hall–Kier alpha value is -1.37. The molecule has 2 aliphatic rings. The minimum absolute atomic E-state index is 0.324. The van der Waals surface area contributed by atoms with E-state index in [2.05, 4.69) is 17.5 Å². The van der Waals surface area contributed by atoms with E-state index in [1.807, 2.05) is 6.07 Å². The maximum atomic E-state index is 12.8. The van der Waals surface area contributed by atoms with E-state index in [1.54, 1.807) is 18.2 Å². The fourth-order valence-electron chi connectivity index (χ4n) is 3.47. The lowest BCUT2D eigenvalue weighted by molar-refractivity contribution is 0.113. The summed E-state index contributed by atoms with van der Waals surface area (Å²) in [4.78, 5) is 0.324. The van der Waals surface area contributed by atoms with Gasteiger partial charge in [0.2, 0.25) is 10.0 Å². The number of aliphatic hydroxyl groups is 1. The van der Waals surface area contributed by atoms with E-state index >= 15 is 0 Å². The highest BCUT2D eigenvalue weighted by Gasteiger charge is 2.28. The maximum absolute atomic E-state index is 12.8. The van der Waals surface area contributed by atoms with Crippen molar-refractivity contribution in [3.63, 3.8) is 0 Å². The largest absolute Gasteiger partial charge is 0.393 e.